The summed E-state index contributed by atoms with van der Waals surface area (Å²) in [6, 6.07) is 13.7. The monoisotopic (exact) mass is 406 g/mol. The van der Waals surface area contributed by atoms with Crippen molar-refractivity contribution in [1.29, 1.82) is 0 Å². The lowest BCUT2D eigenvalue weighted by Gasteiger charge is -2.12. The van der Waals surface area contributed by atoms with Gasteiger partial charge in [-0.25, -0.2) is 0 Å². The van der Waals surface area contributed by atoms with Gasteiger partial charge in [-0.2, -0.15) is 4.68 Å². The lowest BCUT2D eigenvalue weighted by molar-refractivity contribution is 0.353. The molecule has 0 spiro atoms. The van der Waals surface area contributed by atoms with E-state index in [1.54, 1.807) is 30.7 Å². The molecule has 2 aromatic carbocycles. The first kappa shape index (κ1) is 16.8. The van der Waals surface area contributed by atoms with Gasteiger partial charge in [0.05, 0.1) is 24.4 Å². The summed E-state index contributed by atoms with van der Waals surface area (Å²) in [7, 11) is 3.24. The average molecular weight is 407 g/mol. The minimum atomic E-state index is 0.679. The molecule has 6 nitrogen and oxygen atoms in total. The summed E-state index contributed by atoms with van der Waals surface area (Å²) in [5, 5.41) is 12.7. The largest absolute Gasteiger partial charge is 0.493 e. The zero-order valence-corrected chi connectivity index (χ0v) is 15.5. The van der Waals surface area contributed by atoms with Gasteiger partial charge in [-0.05, 0) is 50.1 Å². The van der Waals surface area contributed by atoms with Gasteiger partial charge in [0, 0.05) is 5.75 Å². The van der Waals surface area contributed by atoms with E-state index in [0.717, 1.165) is 20.9 Å². The Morgan fingerprint density at radius 2 is 1.88 bits per heavy atom. The van der Waals surface area contributed by atoms with E-state index in [0.29, 0.717) is 17.3 Å². The maximum absolute atomic E-state index is 5.41. The van der Waals surface area contributed by atoms with Crippen molar-refractivity contribution in [2.45, 2.75) is 10.9 Å². The molecule has 124 valence electrons. The van der Waals surface area contributed by atoms with Crippen molar-refractivity contribution in [2.24, 2.45) is 0 Å². The molecule has 24 heavy (non-hydrogen) atoms. The van der Waals surface area contributed by atoms with Crippen LogP contribution in [0.2, 0.25) is 0 Å². The number of methoxy groups -OCH3 is 2. The summed E-state index contributed by atoms with van der Waals surface area (Å²) in [4.78, 5) is 0. The van der Waals surface area contributed by atoms with Crippen LogP contribution in [0.5, 0.6) is 11.5 Å². The van der Waals surface area contributed by atoms with Crippen LogP contribution in [0.1, 0.15) is 5.56 Å². The van der Waals surface area contributed by atoms with Crippen LogP contribution >= 0.6 is 27.7 Å². The molecular formula is C16H15BrN4O2S. The van der Waals surface area contributed by atoms with Crippen LogP contribution in [-0.4, -0.2) is 34.4 Å². The van der Waals surface area contributed by atoms with Crippen LogP contribution in [0.25, 0.3) is 5.69 Å². The summed E-state index contributed by atoms with van der Waals surface area (Å²) < 4.78 is 13.3. The lowest BCUT2D eigenvalue weighted by Crippen LogP contribution is -1.99. The van der Waals surface area contributed by atoms with Crippen LogP contribution < -0.4 is 9.47 Å². The number of hydrogen-bond donors (Lipinski definition) is 0. The molecule has 1 heterocycles. The first-order chi connectivity index (χ1) is 11.7. The molecule has 3 aromatic rings. The molecule has 0 radical (unpaired) electrons. The Morgan fingerprint density at radius 3 is 2.58 bits per heavy atom. The molecule has 0 atom stereocenters. The Bertz CT molecular complexity index is 826. The van der Waals surface area contributed by atoms with Crippen LogP contribution in [0.15, 0.2) is 52.1 Å². The van der Waals surface area contributed by atoms with Gasteiger partial charge < -0.3 is 9.47 Å². The second kappa shape index (κ2) is 7.67. The smallest absolute Gasteiger partial charge is 0.214 e. The number of aromatic nitrogens is 4. The number of nitrogens with zero attached hydrogens (tertiary/aromatic N) is 4. The van der Waals surface area contributed by atoms with Crippen molar-refractivity contribution < 1.29 is 9.47 Å². The normalized spacial score (nSPS) is 10.6. The van der Waals surface area contributed by atoms with E-state index in [-0.39, 0.29) is 0 Å². The molecule has 0 aliphatic rings. The van der Waals surface area contributed by atoms with E-state index < -0.39 is 0 Å². The highest BCUT2D eigenvalue weighted by molar-refractivity contribution is 9.10. The molecule has 0 saturated heterocycles. The van der Waals surface area contributed by atoms with Gasteiger partial charge in [-0.3, -0.25) is 0 Å². The average Bonchev–Trinajstić information content (AvgIpc) is 3.09. The number of ether oxygens (including phenoxy) is 2. The molecule has 8 heteroatoms. The van der Waals surface area contributed by atoms with Crippen molar-refractivity contribution in [3.8, 4) is 17.2 Å². The van der Waals surface area contributed by atoms with E-state index in [9.17, 15) is 0 Å². The van der Waals surface area contributed by atoms with Crippen LogP contribution in [-0.2, 0) is 5.75 Å². The number of benzene rings is 2. The number of tetrazole rings is 1. The molecule has 1 aromatic heterocycles. The number of hydrogen-bond acceptors (Lipinski definition) is 6. The highest BCUT2D eigenvalue weighted by Gasteiger charge is 2.15. The van der Waals surface area contributed by atoms with Gasteiger partial charge in [0.1, 0.15) is 0 Å². The Morgan fingerprint density at radius 1 is 1.08 bits per heavy atom. The van der Waals surface area contributed by atoms with Gasteiger partial charge >= 0.3 is 0 Å². The van der Waals surface area contributed by atoms with E-state index >= 15 is 0 Å². The Balaban J connectivity index is 1.82. The third-order valence-electron chi connectivity index (χ3n) is 3.36. The minimum Gasteiger partial charge on any atom is -0.493 e. The van der Waals surface area contributed by atoms with Crippen molar-refractivity contribution >= 4 is 27.7 Å². The third-order valence-corrected chi connectivity index (χ3v) is 5.20. The van der Waals surface area contributed by atoms with Crippen molar-refractivity contribution in [2.75, 3.05) is 14.2 Å². The lowest BCUT2D eigenvalue weighted by atomic mass is 10.2. The van der Waals surface area contributed by atoms with Crippen LogP contribution in [0.4, 0.5) is 0 Å². The summed E-state index contributed by atoms with van der Waals surface area (Å²) >= 11 is 5.13. The van der Waals surface area contributed by atoms with Gasteiger partial charge in [0.25, 0.3) is 0 Å². The number of thioether (sulfide) groups is 1. The molecule has 0 N–H and O–H groups in total. The fourth-order valence-electron chi connectivity index (χ4n) is 2.18. The fraction of sp³-hybridized carbons (Fsp3) is 0.188. The summed E-state index contributed by atoms with van der Waals surface area (Å²) in [6.07, 6.45) is 0. The van der Waals surface area contributed by atoms with E-state index in [1.807, 2.05) is 42.5 Å². The van der Waals surface area contributed by atoms with E-state index in [4.69, 9.17) is 9.47 Å². The number of para-hydroxylation sites is 1. The van der Waals surface area contributed by atoms with Crippen LogP contribution in [0, 0.1) is 0 Å². The highest BCUT2D eigenvalue weighted by Crippen LogP contribution is 2.39. The molecule has 0 fully saturated rings. The standard InChI is InChI=1S/C16H15BrN4O2S/c1-22-13-9-8-11(14(17)15(13)23-2)10-24-16-18-19-20-21(16)12-6-4-3-5-7-12/h3-9H,10H2,1-2H3. The summed E-state index contributed by atoms with van der Waals surface area (Å²) in [5.41, 5.74) is 2.00. The van der Waals surface area contributed by atoms with Gasteiger partial charge in [0.15, 0.2) is 11.5 Å². The van der Waals surface area contributed by atoms with Gasteiger partial charge in [0.2, 0.25) is 5.16 Å². The topological polar surface area (TPSA) is 62.1 Å². The maximum atomic E-state index is 5.41. The van der Waals surface area contributed by atoms with E-state index in [1.165, 1.54) is 0 Å². The van der Waals surface area contributed by atoms with Crippen molar-refractivity contribution in [1.82, 2.24) is 20.2 Å². The molecule has 0 unspecified atom stereocenters. The predicted octanol–water partition coefficient (Wildman–Crippen LogP) is 3.73. The van der Waals surface area contributed by atoms with Crippen molar-refractivity contribution in [3.63, 3.8) is 0 Å². The summed E-state index contributed by atoms with van der Waals surface area (Å²) in [5.74, 6) is 2.05. The second-order valence-corrected chi connectivity index (χ2v) is 6.51. The first-order valence-corrected chi connectivity index (χ1v) is 8.88. The molecule has 0 aliphatic heterocycles. The second-order valence-electron chi connectivity index (χ2n) is 4.77. The van der Waals surface area contributed by atoms with Crippen molar-refractivity contribution in [3.05, 3.63) is 52.5 Å². The molecule has 3 rings (SSSR count). The highest BCUT2D eigenvalue weighted by atomic mass is 79.9. The first-order valence-electron chi connectivity index (χ1n) is 7.10. The minimum absolute atomic E-state index is 0.679. The van der Waals surface area contributed by atoms with Crippen LogP contribution in [0.3, 0.4) is 0 Å². The maximum Gasteiger partial charge on any atom is 0.214 e. The Hall–Kier alpha value is -2.06. The summed E-state index contributed by atoms with van der Waals surface area (Å²) in [6.45, 7) is 0. The molecule has 0 aliphatic carbocycles. The zero-order valence-electron chi connectivity index (χ0n) is 13.1. The molecule has 0 bridgehead atoms. The SMILES string of the molecule is COc1ccc(CSc2nnnn2-c2ccccc2)c(Br)c1OC. The fourth-order valence-corrected chi connectivity index (χ4v) is 3.88. The molecule has 0 saturated carbocycles. The Kier molecular flexibility index (Phi) is 5.37. The zero-order chi connectivity index (χ0) is 16.9. The number of rotatable bonds is 6. The Labute approximate surface area is 152 Å². The predicted molar refractivity (Wildman–Crippen MR) is 96.0 cm³/mol. The van der Waals surface area contributed by atoms with Gasteiger partial charge in [-0.1, -0.05) is 36.0 Å². The molecular weight excluding hydrogens is 392 g/mol. The van der Waals surface area contributed by atoms with E-state index in [2.05, 4.69) is 31.5 Å². The van der Waals surface area contributed by atoms with Gasteiger partial charge in [-0.15, -0.1) is 5.10 Å². The molecule has 0 amide bonds. The third kappa shape index (κ3) is 3.39. The quantitative estimate of drug-likeness (QED) is 0.581. The number of halogens is 1.